The van der Waals surface area contributed by atoms with Crippen molar-refractivity contribution in [2.75, 3.05) is 46.0 Å². The van der Waals surface area contributed by atoms with Gasteiger partial charge < -0.3 is 20.4 Å². The Bertz CT molecular complexity index is 1190. The minimum Gasteiger partial charge on any atom is -0.340 e. The number of piperazine rings is 1. The van der Waals surface area contributed by atoms with Crippen molar-refractivity contribution in [3.8, 4) is 0 Å². The Balaban J connectivity index is 1.33. The van der Waals surface area contributed by atoms with Gasteiger partial charge in [0.2, 0.25) is 5.91 Å². The van der Waals surface area contributed by atoms with Crippen LogP contribution in [0.25, 0.3) is 0 Å². The SMILES string of the molecule is Cc1ccc([C@@H]2C[C@H]2NCCC[C@H](NC(=O)c2ccc(S(C)(=O)=O)cc2)C(=O)N2CCN(C)CC2)cc1. The van der Waals surface area contributed by atoms with Crippen LogP contribution in [-0.2, 0) is 14.6 Å². The first kappa shape index (κ1) is 27.3. The summed E-state index contributed by atoms with van der Waals surface area (Å²) in [4.78, 5) is 30.5. The van der Waals surface area contributed by atoms with Crippen LogP contribution in [-0.4, -0.2) is 88.1 Å². The molecule has 9 heteroatoms. The molecule has 1 aliphatic carbocycles. The van der Waals surface area contributed by atoms with Gasteiger partial charge in [-0.15, -0.1) is 0 Å². The normalized spacial score (nSPS) is 20.9. The molecule has 8 nitrogen and oxygen atoms in total. The number of nitrogens with zero attached hydrogens (tertiary/aromatic N) is 2. The van der Waals surface area contributed by atoms with Gasteiger partial charge in [0.25, 0.3) is 5.91 Å². The average molecular weight is 527 g/mol. The molecule has 37 heavy (non-hydrogen) atoms. The van der Waals surface area contributed by atoms with Crippen LogP contribution < -0.4 is 10.6 Å². The van der Waals surface area contributed by atoms with Crippen molar-refractivity contribution < 1.29 is 18.0 Å². The lowest BCUT2D eigenvalue weighted by Gasteiger charge is -2.34. The molecule has 3 atom stereocenters. The first-order valence-corrected chi connectivity index (χ1v) is 14.9. The van der Waals surface area contributed by atoms with E-state index < -0.39 is 15.9 Å². The lowest BCUT2D eigenvalue weighted by atomic mass is 10.1. The Kier molecular flexibility index (Phi) is 8.67. The summed E-state index contributed by atoms with van der Waals surface area (Å²) < 4.78 is 23.5. The molecular weight excluding hydrogens is 488 g/mol. The molecule has 0 radical (unpaired) electrons. The largest absolute Gasteiger partial charge is 0.340 e. The molecule has 0 aromatic heterocycles. The van der Waals surface area contributed by atoms with Crippen molar-refractivity contribution in [3.63, 3.8) is 0 Å². The van der Waals surface area contributed by atoms with Gasteiger partial charge in [-0.3, -0.25) is 9.59 Å². The topological polar surface area (TPSA) is 98.8 Å². The number of rotatable bonds is 10. The molecule has 2 N–H and O–H groups in total. The second kappa shape index (κ2) is 11.8. The quantitative estimate of drug-likeness (QED) is 0.461. The molecule has 4 rings (SSSR count). The highest BCUT2D eigenvalue weighted by molar-refractivity contribution is 7.90. The number of carbonyl (C=O) groups excluding carboxylic acids is 2. The molecule has 0 unspecified atom stereocenters. The molecule has 2 aliphatic rings. The highest BCUT2D eigenvalue weighted by Crippen LogP contribution is 2.40. The predicted molar refractivity (Wildman–Crippen MR) is 144 cm³/mol. The van der Waals surface area contributed by atoms with Crippen LogP contribution in [0.2, 0.25) is 0 Å². The second-order valence-electron chi connectivity index (χ2n) is 10.4. The number of carbonyl (C=O) groups is 2. The van der Waals surface area contributed by atoms with Crippen molar-refractivity contribution in [1.82, 2.24) is 20.4 Å². The number of hydrogen-bond donors (Lipinski definition) is 2. The van der Waals surface area contributed by atoms with E-state index in [9.17, 15) is 18.0 Å². The van der Waals surface area contributed by atoms with Crippen LogP contribution in [0.1, 0.15) is 46.7 Å². The van der Waals surface area contributed by atoms with Gasteiger partial charge in [-0.05, 0) is 69.6 Å². The molecule has 2 fully saturated rings. The number of likely N-dealkylation sites (N-methyl/N-ethyl adjacent to an activating group) is 1. The molecule has 1 aliphatic heterocycles. The van der Waals surface area contributed by atoms with E-state index in [1.54, 1.807) is 0 Å². The fourth-order valence-electron chi connectivity index (χ4n) is 4.80. The maximum absolute atomic E-state index is 13.4. The zero-order chi connectivity index (χ0) is 26.6. The highest BCUT2D eigenvalue weighted by Gasteiger charge is 2.37. The van der Waals surface area contributed by atoms with Gasteiger partial charge >= 0.3 is 0 Å². The van der Waals surface area contributed by atoms with E-state index in [0.717, 1.165) is 38.7 Å². The zero-order valence-corrected chi connectivity index (χ0v) is 22.8. The van der Waals surface area contributed by atoms with E-state index >= 15 is 0 Å². The molecule has 1 saturated carbocycles. The summed E-state index contributed by atoms with van der Waals surface area (Å²) >= 11 is 0. The first-order valence-electron chi connectivity index (χ1n) is 13.0. The number of sulfone groups is 1. The molecule has 2 aromatic rings. The van der Waals surface area contributed by atoms with Crippen LogP contribution in [0.15, 0.2) is 53.4 Å². The fourth-order valence-corrected chi connectivity index (χ4v) is 5.43. The maximum atomic E-state index is 13.4. The minimum atomic E-state index is -3.34. The van der Waals surface area contributed by atoms with Crippen LogP contribution in [0, 0.1) is 6.92 Å². The number of amides is 2. The van der Waals surface area contributed by atoms with Crippen LogP contribution in [0.4, 0.5) is 0 Å². The van der Waals surface area contributed by atoms with Crippen molar-refractivity contribution >= 4 is 21.7 Å². The van der Waals surface area contributed by atoms with E-state index in [2.05, 4.69) is 46.7 Å². The monoisotopic (exact) mass is 526 g/mol. The zero-order valence-electron chi connectivity index (χ0n) is 21.9. The smallest absolute Gasteiger partial charge is 0.251 e. The standard InChI is InChI=1S/C28H38N4O4S/c1-20-6-8-21(9-7-20)24-19-26(24)29-14-4-5-25(28(34)32-17-15-31(2)16-18-32)30-27(33)22-10-12-23(13-11-22)37(3,35)36/h6-13,24-26,29H,4-5,14-19H2,1-3H3,(H,30,33)/t24-,25-,26+/m0/s1. The number of aryl methyl sites for hydroxylation is 1. The highest BCUT2D eigenvalue weighted by atomic mass is 32.2. The van der Waals surface area contributed by atoms with E-state index in [4.69, 9.17) is 0 Å². The summed E-state index contributed by atoms with van der Waals surface area (Å²) in [6.07, 6.45) is 3.54. The fraction of sp³-hybridized carbons (Fsp3) is 0.500. The third-order valence-electron chi connectivity index (χ3n) is 7.34. The summed E-state index contributed by atoms with van der Waals surface area (Å²) in [7, 11) is -1.31. The van der Waals surface area contributed by atoms with Gasteiger partial charge in [-0.25, -0.2) is 8.42 Å². The third-order valence-corrected chi connectivity index (χ3v) is 8.46. The minimum absolute atomic E-state index is 0.0573. The Labute approximate surface area is 220 Å². The lowest BCUT2D eigenvalue weighted by Crippen LogP contribution is -2.54. The summed E-state index contributed by atoms with van der Waals surface area (Å²) in [5.74, 6) is 0.109. The second-order valence-corrected chi connectivity index (χ2v) is 12.4. The maximum Gasteiger partial charge on any atom is 0.251 e. The van der Waals surface area contributed by atoms with Gasteiger partial charge in [0.15, 0.2) is 9.84 Å². The van der Waals surface area contributed by atoms with E-state index in [0.29, 0.717) is 37.0 Å². The van der Waals surface area contributed by atoms with Crippen LogP contribution >= 0.6 is 0 Å². The molecule has 0 bridgehead atoms. The Morgan fingerprint density at radius 2 is 1.65 bits per heavy atom. The number of nitrogens with one attached hydrogen (secondary N) is 2. The van der Waals surface area contributed by atoms with Gasteiger partial charge in [-0.2, -0.15) is 0 Å². The Hall–Kier alpha value is -2.75. The Morgan fingerprint density at radius 3 is 2.27 bits per heavy atom. The van der Waals surface area contributed by atoms with Gasteiger partial charge in [0.1, 0.15) is 6.04 Å². The average Bonchev–Trinajstić information content (AvgIpc) is 3.65. The van der Waals surface area contributed by atoms with Gasteiger partial charge in [0.05, 0.1) is 4.90 Å². The summed E-state index contributed by atoms with van der Waals surface area (Å²) in [6.45, 7) is 5.77. The van der Waals surface area contributed by atoms with E-state index in [1.807, 2.05) is 11.9 Å². The lowest BCUT2D eigenvalue weighted by molar-refractivity contribution is -0.135. The molecule has 2 aromatic carbocycles. The van der Waals surface area contributed by atoms with E-state index in [1.165, 1.54) is 35.4 Å². The van der Waals surface area contributed by atoms with E-state index in [-0.39, 0.29) is 16.7 Å². The summed E-state index contributed by atoms with van der Waals surface area (Å²) in [5.41, 5.74) is 2.96. The molecular formula is C28H38N4O4S. The van der Waals surface area contributed by atoms with Crippen molar-refractivity contribution in [2.24, 2.45) is 0 Å². The van der Waals surface area contributed by atoms with Gasteiger partial charge in [-0.1, -0.05) is 29.8 Å². The van der Waals surface area contributed by atoms with Crippen LogP contribution in [0.3, 0.4) is 0 Å². The molecule has 0 spiro atoms. The number of hydrogen-bond acceptors (Lipinski definition) is 6. The van der Waals surface area contributed by atoms with Crippen molar-refractivity contribution in [1.29, 1.82) is 0 Å². The summed E-state index contributed by atoms with van der Waals surface area (Å²) in [6, 6.07) is 14.3. The molecule has 2 amide bonds. The first-order chi connectivity index (χ1) is 17.6. The Morgan fingerprint density at radius 1 is 1.00 bits per heavy atom. The molecule has 200 valence electrons. The van der Waals surface area contributed by atoms with Gasteiger partial charge in [0, 0.05) is 50.0 Å². The summed E-state index contributed by atoms with van der Waals surface area (Å²) in [5, 5.41) is 6.53. The third kappa shape index (κ3) is 7.40. The van der Waals surface area contributed by atoms with Crippen molar-refractivity contribution in [2.45, 2.75) is 49.1 Å². The molecule has 1 saturated heterocycles. The predicted octanol–water partition coefficient (Wildman–Crippen LogP) is 2.20. The van der Waals surface area contributed by atoms with Crippen LogP contribution in [0.5, 0.6) is 0 Å². The number of benzene rings is 2. The van der Waals surface area contributed by atoms with Crippen molar-refractivity contribution in [3.05, 3.63) is 65.2 Å². The molecule has 1 heterocycles.